The molecule has 32 heavy (non-hydrogen) atoms. The smallest absolute Gasteiger partial charge is 0.253 e. The second kappa shape index (κ2) is 9.61. The molecule has 0 aliphatic carbocycles. The summed E-state index contributed by atoms with van der Waals surface area (Å²) in [5, 5.41) is 5.52. The first-order chi connectivity index (χ1) is 15.6. The van der Waals surface area contributed by atoms with Crippen molar-refractivity contribution in [3.05, 3.63) is 54.1 Å². The summed E-state index contributed by atoms with van der Waals surface area (Å²) in [6, 6.07) is 16.0. The van der Waals surface area contributed by atoms with Gasteiger partial charge in [-0.1, -0.05) is 42.1 Å². The minimum absolute atomic E-state index is 0.198. The van der Waals surface area contributed by atoms with Crippen LogP contribution in [0.4, 0.5) is 5.69 Å². The van der Waals surface area contributed by atoms with Gasteiger partial charge in [0, 0.05) is 17.5 Å². The molecule has 0 saturated carbocycles. The summed E-state index contributed by atoms with van der Waals surface area (Å²) in [5.74, 6) is 1.34. The number of hydrogen-bond acceptors (Lipinski definition) is 6. The standard InChI is InChI=1S/C25H28N2O4S/c1-5-29-20-14-17(15-21(30-6-2)22(20)31-7-3)24(28)26-25-27(4)19-13-12-16-10-8-9-11-18(16)23(19)32-25/h8-15,25H,5-7H2,1-4H3,(H,26,28)/t25-/m1/s1. The molecule has 1 aliphatic heterocycles. The Balaban J connectivity index is 1.61. The number of nitrogens with one attached hydrogen (secondary N) is 1. The molecule has 168 valence electrons. The molecule has 0 aromatic heterocycles. The molecule has 1 heterocycles. The first-order valence-corrected chi connectivity index (χ1v) is 11.7. The average Bonchev–Trinajstić information content (AvgIpc) is 3.11. The molecule has 0 radical (unpaired) electrons. The number of thioether (sulfide) groups is 1. The summed E-state index contributed by atoms with van der Waals surface area (Å²) in [4.78, 5) is 16.5. The van der Waals surface area contributed by atoms with E-state index < -0.39 is 0 Å². The molecule has 0 spiro atoms. The minimum Gasteiger partial charge on any atom is -0.490 e. The maximum absolute atomic E-state index is 13.2. The lowest BCUT2D eigenvalue weighted by Gasteiger charge is -2.23. The van der Waals surface area contributed by atoms with Gasteiger partial charge in [0.05, 0.1) is 25.5 Å². The summed E-state index contributed by atoms with van der Waals surface area (Å²) in [6.45, 7) is 7.09. The Bertz CT molecular complexity index is 1110. The second-order valence-electron chi connectivity index (χ2n) is 7.29. The highest BCUT2D eigenvalue weighted by Gasteiger charge is 2.30. The fourth-order valence-corrected chi connectivity index (χ4v) is 5.10. The van der Waals surface area contributed by atoms with E-state index in [2.05, 4.69) is 34.5 Å². The average molecular weight is 453 g/mol. The van der Waals surface area contributed by atoms with Crippen molar-refractivity contribution < 1.29 is 19.0 Å². The van der Waals surface area contributed by atoms with Crippen molar-refractivity contribution in [1.82, 2.24) is 5.32 Å². The van der Waals surface area contributed by atoms with Gasteiger partial charge in [-0.15, -0.1) is 0 Å². The fourth-order valence-electron chi connectivity index (χ4n) is 3.79. The number of nitrogens with zero attached hydrogens (tertiary/aromatic N) is 1. The van der Waals surface area contributed by atoms with Crippen LogP contribution >= 0.6 is 11.8 Å². The van der Waals surface area contributed by atoms with E-state index in [1.54, 1.807) is 23.9 Å². The summed E-state index contributed by atoms with van der Waals surface area (Å²) in [6.07, 6.45) is 0. The SMILES string of the molecule is CCOc1cc(C(=O)N[C@H]2Sc3c(ccc4ccccc34)N2C)cc(OCC)c1OCC. The van der Waals surface area contributed by atoms with Crippen LogP contribution in [0.1, 0.15) is 31.1 Å². The lowest BCUT2D eigenvalue weighted by molar-refractivity contribution is 0.0949. The molecule has 0 fully saturated rings. The topological polar surface area (TPSA) is 60.0 Å². The summed E-state index contributed by atoms with van der Waals surface area (Å²) >= 11 is 1.64. The number of hydrogen-bond donors (Lipinski definition) is 1. The molecule has 4 rings (SSSR count). The highest BCUT2D eigenvalue weighted by molar-refractivity contribution is 8.00. The van der Waals surface area contributed by atoms with E-state index in [0.29, 0.717) is 42.6 Å². The molecule has 0 unspecified atom stereocenters. The summed E-state index contributed by atoms with van der Waals surface area (Å²) in [7, 11) is 1.99. The molecule has 6 nitrogen and oxygen atoms in total. The lowest BCUT2D eigenvalue weighted by atomic mass is 10.1. The third-order valence-corrected chi connectivity index (χ3v) is 6.57. The van der Waals surface area contributed by atoms with Gasteiger partial charge in [0.1, 0.15) is 0 Å². The van der Waals surface area contributed by atoms with E-state index in [1.807, 2.05) is 40.0 Å². The number of rotatable bonds is 8. The molecular formula is C25H28N2O4S. The van der Waals surface area contributed by atoms with Crippen LogP contribution < -0.4 is 24.4 Å². The molecule has 3 aromatic carbocycles. The summed E-state index contributed by atoms with van der Waals surface area (Å²) in [5.41, 5.74) is 1.35. The Morgan fingerprint density at radius 3 is 2.28 bits per heavy atom. The third kappa shape index (κ3) is 4.17. The molecule has 1 N–H and O–H groups in total. The number of ether oxygens (including phenoxy) is 3. The predicted molar refractivity (Wildman–Crippen MR) is 129 cm³/mol. The molecule has 1 aliphatic rings. The van der Waals surface area contributed by atoms with Crippen molar-refractivity contribution >= 4 is 34.1 Å². The Hall–Kier alpha value is -3.06. The van der Waals surface area contributed by atoms with Gasteiger partial charge in [0.25, 0.3) is 5.91 Å². The van der Waals surface area contributed by atoms with Crippen molar-refractivity contribution in [2.75, 3.05) is 31.8 Å². The first kappa shape index (κ1) is 22.1. The minimum atomic E-state index is -0.221. The first-order valence-electron chi connectivity index (χ1n) is 10.9. The largest absolute Gasteiger partial charge is 0.490 e. The van der Waals surface area contributed by atoms with Crippen molar-refractivity contribution in [3.63, 3.8) is 0 Å². The van der Waals surface area contributed by atoms with E-state index in [-0.39, 0.29) is 11.4 Å². The maximum Gasteiger partial charge on any atom is 0.253 e. The molecule has 0 bridgehead atoms. The van der Waals surface area contributed by atoms with E-state index in [9.17, 15) is 4.79 Å². The number of benzene rings is 3. The van der Waals surface area contributed by atoms with Crippen LogP contribution in [0.3, 0.4) is 0 Å². The van der Waals surface area contributed by atoms with Crippen LogP contribution in [0.2, 0.25) is 0 Å². The van der Waals surface area contributed by atoms with Gasteiger partial charge < -0.3 is 24.4 Å². The Labute approximate surface area is 192 Å². The number of anilines is 1. The normalized spacial score (nSPS) is 14.9. The van der Waals surface area contributed by atoms with Gasteiger partial charge in [0.15, 0.2) is 17.0 Å². The van der Waals surface area contributed by atoms with Gasteiger partial charge in [-0.05, 0) is 49.7 Å². The highest BCUT2D eigenvalue weighted by atomic mass is 32.2. The molecule has 7 heteroatoms. The second-order valence-corrected chi connectivity index (χ2v) is 8.38. The zero-order valence-corrected chi connectivity index (χ0v) is 19.6. The Morgan fingerprint density at radius 1 is 0.969 bits per heavy atom. The lowest BCUT2D eigenvalue weighted by Crippen LogP contribution is -2.41. The quantitative estimate of drug-likeness (QED) is 0.501. The number of carbonyl (C=O) groups excluding carboxylic acids is 1. The van der Waals surface area contributed by atoms with E-state index in [4.69, 9.17) is 14.2 Å². The van der Waals surface area contributed by atoms with Gasteiger partial charge in [-0.25, -0.2) is 0 Å². The van der Waals surface area contributed by atoms with Gasteiger partial charge in [-0.2, -0.15) is 0 Å². The maximum atomic E-state index is 13.2. The van der Waals surface area contributed by atoms with Gasteiger partial charge in [0.2, 0.25) is 5.75 Å². The van der Waals surface area contributed by atoms with Crippen molar-refractivity contribution in [1.29, 1.82) is 0 Å². The van der Waals surface area contributed by atoms with Crippen LogP contribution in [-0.2, 0) is 0 Å². The molecular weight excluding hydrogens is 424 g/mol. The number of amides is 1. The van der Waals surface area contributed by atoms with E-state index in [1.165, 1.54) is 15.7 Å². The van der Waals surface area contributed by atoms with Crippen LogP contribution in [-0.4, -0.2) is 38.3 Å². The Morgan fingerprint density at radius 2 is 1.62 bits per heavy atom. The zero-order chi connectivity index (χ0) is 22.7. The zero-order valence-electron chi connectivity index (χ0n) is 18.8. The molecule has 0 saturated heterocycles. The monoisotopic (exact) mass is 452 g/mol. The van der Waals surface area contributed by atoms with Crippen molar-refractivity contribution in [2.45, 2.75) is 31.2 Å². The van der Waals surface area contributed by atoms with Crippen molar-refractivity contribution in [2.24, 2.45) is 0 Å². The van der Waals surface area contributed by atoms with Gasteiger partial charge >= 0.3 is 0 Å². The van der Waals surface area contributed by atoms with E-state index in [0.717, 1.165) is 5.69 Å². The van der Waals surface area contributed by atoms with Crippen LogP contribution in [0, 0.1) is 0 Å². The van der Waals surface area contributed by atoms with Crippen LogP contribution in [0.5, 0.6) is 17.2 Å². The predicted octanol–water partition coefficient (Wildman–Crippen LogP) is 5.29. The molecule has 3 aromatic rings. The fraction of sp³-hybridized carbons (Fsp3) is 0.320. The molecule has 1 amide bonds. The highest BCUT2D eigenvalue weighted by Crippen LogP contribution is 2.46. The summed E-state index contributed by atoms with van der Waals surface area (Å²) < 4.78 is 17.3. The Kier molecular flexibility index (Phi) is 6.65. The van der Waals surface area contributed by atoms with E-state index >= 15 is 0 Å². The number of fused-ring (bicyclic) bond motifs is 3. The van der Waals surface area contributed by atoms with Crippen molar-refractivity contribution in [3.8, 4) is 17.2 Å². The van der Waals surface area contributed by atoms with Crippen LogP contribution in [0.15, 0.2) is 53.4 Å². The van der Waals surface area contributed by atoms with Crippen LogP contribution in [0.25, 0.3) is 10.8 Å². The third-order valence-electron chi connectivity index (χ3n) is 5.25. The number of carbonyl (C=O) groups is 1. The van der Waals surface area contributed by atoms with Gasteiger partial charge in [-0.3, -0.25) is 4.79 Å². The molecule has 1 atom stereocenters.